The van der Waals surface area contributed by atoms with Crippen molar-refractivity contribution < 1.29 is 4.49 Å². The number of rotatable bonds is 0. The second-order valence-electron chi connectivity index (χ2n) is 1.59. The number of hydrogen-bond donors (Lipinski definition) is 0. The van der Waals surface area contributed by atoms with Crippen LogP contribution in [0.25, 0.3) is 0 Å². The smallest absolute Gasteiger partial charge is 0.334 e. The molecule has 4 heteroatoms. The average Bonchev–Trinajstić information content (AvgIpc) is 1.87. The van der Waals surface area contributed by atoms with E-state index in [2.05, 4.69) is 0 Å². The van der Waals surface area contributed by atoms with Crippen LogP contribution in [0.2, 0.25) is 0 Å². The fourth-order valence-corrected chi connectivity index (χ4v) is 0.537. The summed E-state index contributed by atoms with van der Waals surface area (Å²) >= 11 is 0. The molecule has 1 aliphatic rings. The van der Waals surface area contributed by atoms with Gasteiger partial charge in [0.25, 0.3) is 0 Å². The van der Waals surface area contributed by atoms with Crippen molar-refractivity contribution in [1.82, 2.24) is 4.81 Å². The Bertz CT molecular complexity index is 101. The Labute approximate surface area is 45.7 Å². The van der Waals surface area contributed by atoms with E-state index in [0.717, 1.165) is 13.1 Å². The quantitative estimate of drug-likeness (QED) is 0.329. The van der Waals surface area contributed by atoms with E-state index in [9.17, 15) is 0 Å². The van der Waals surface area contributed by atoms with Crippen LogP contribution in [0.15, 0.2) is 0 Å². The van der Waals surface area contributed by atoms with Crippen LogP contribution in [0, 0.1) is 0 Å². The van der Waals surface area contributed by atoms with E-state index < -0.39 is 0 Å². The molecule has 0 aromatic rings. The van der Waals surface area contributed by atoms with Gasteiger partial charge >= 0.3 is 16.0 Å². The summed E-state index contributed by atoms with van der Waals surface area (Å²) in [6, 6.07) is 0. The monoisotopic (exact) mass is 91.1 g/mol. The van der Waals surface area contributed by atoms with E-state index in [1.807, 2.05) is 0 Å². The largest absolute Gasteiger partial charge is 0.402 e. The fourth-order valence-electron chi connectivity index (χ4n) is 0.537. The third kappa shape index (κ3) is 0.981. The highest BCUT2D eigenvalue weighted by Gasteiger charge is 2.08. The van der Waals surface area contributed by atoms with Crippen LogP contribution in [0.5, 0.6) is 0 Å². The lowest BCUT2D eigenvalue weighted by Gasteiger charge is -1.91. The lowest BCUT2D eigenvalue weighted by molar-refractivity contribution is -0.355. The van der Waals surface area contributed by atoms with Gasteiger partial charge in [-0.15, -0.1) is 0 Å². The maximum absolute atomic E-state index is 5.28. The third-order valence-corrected chi connectivity index (χ3v) is 0.913. The summed E-state index contributed by atoms with van der Waals surface area (Å²) in [6.45, 7) is 1.66. The van der Waals surface area contributed by atoms with Gasteiger partial charge in [-0.3, -0.25) is 0 Å². The summed E-state index contributed by atoms with van der Waals surface area (Å²) < 4.78 is 1.56. The lowest BCUT2D eigenvalue weighted by atomic mass is 10.3. The minimum Gasteiger partial charge on any atom is -0.334 e. The van der Waals surface area contributed by atoms with Crippen molar-refractivity contribution in [3.05, 3.63) is 0 Å². The molecule has 4 radical (unpaired) electrons. The van der Waals surface area contributed by atoms with Crippen LogP contribution in [0.1, 0.15) is 0 Å². The van der Waals surface area contributed by atoms with Crippen LogP contribution in [-0.4, -0.2) is 44.7 Å². The number of hydrogen-bond acceptors (Lipinski definition) is 1. The maximum Gasteiger partial charge on any atom is 0.402 e. The van der Waals surface area contributed by atoms with Crippen LogP contribution < -0.4 is 0 Å². The van der Waals surface area contributed by atoms with Crippen molar-refractivity contribution in [2.45, 2.75) is 0 Å². The van der Waals surface area contributed by atoms with E-state index >= 15 is 0 Å². The Balaban J connectivity index is 2.50. The molecule has 1 rings (SSSR count). The summed E-state index contributed by atoms with van der Waals surface area (Å²) in [7, 11) is 10.6. The standard InChI is InChI=1S/C3H5B2N2/c4-6-1-2-7(5)3-6/h3H,1-2H2/q+1. The van der Waals surface area contributed by atoms with Crippen molar-refractivity contribution in [2.24, 2.45) is 0 Å². The van der Waals surface area contributed by atoms with Crippen molar-refractivity contribution in [1.29, 1.82) is 0 Å². The molecule has 0 bridgehead atoms. The molecule has 0 spiro atoms. The van der Waals surface area contributed by atoms with E-state index in [-0.39, 0.29) is 0 Å². The summed E-state index contributed by atoms with van der Waals surface area (Å²) in [4.78, 5) is 1.56. The summed E-state index contributed by atoms with van der Waals surface area (Å²) in [5.74, 6) is 0. The van der Waals surface area contributed by atoms with Gasteiger partial charge in [-0.2, -0.15) is 0 Å². The van der Waals surface area contributed by atoms with Gasteiger partial charge in [-0.1, -0.05) is 0 Å². The van der Waals surface area contributed by atoms with Crippen molar-refractivity contribution >= 4 is 22.3 Å². The van der Waals surface area contributed by atoms with Gasteiger partial charge in [-0.25, -0.2) is 0 Å². The molecule has 32 valence electrons. The van der Waals surface area contributed by atoms with Gasteiger partial charge in [-0.05, 0) is 0 Å². The zero-order valence-corrected chi connectivity index (χ0v) is 4.04. The molecule has 0 aromatic heterocycles. The minimum absolute atomic E-state index is 0.830. The van der Waals surface area contributed by atoms with Gasteiger partial charge in [0.05, 0.1) is 0 Å². The first-order valence-corrected chi connectivity index (χ1v) is 2.17. The van der Waals surface area contributed by atoms with Crippen LogP contribution in [-0.2, 0) is 0 Å². The molecule has 0 saturated carbocycles. The third-order valence-electron chi connectivity index (χ3n) is 0.913. The highest BCUT2D eigenvalue weighted by Crippen LogP contribution is 1.82. The first kappa shape index (κ1) is 4.75. The molecule has 1 aliphatic heterocycles. The second kappa shape index (κ2) is 1.60. The molecule has 2 nitrogen and oxygen atoms in total. The van der Waals surface area contributed by atoms with Gasteiger partial charge in [0.1, 0.15) is 13.1 Å². The SMILES string of the molecule is [B]N1C=[N+]([B])CC1. The summed E-state index contributed by atoms with van der Waals surface area (Å²) in [5, 5.41) is 0. The molecule has 0 atom stereocenters. The van der Waals surface area contributed by atoms with Crippen molar-refractivity contribution in [2.75, 3.05) is 13.1 Å². The Hall–Kier alpha value is -0.400. The molecule has 0 aromatic carbocycles. The Morgan fingerprint density at radius 3 is 2.57 bits per heavy atom. The van der Waals surface area contributed by atoms with Gasteiger partial charge < -0.3 is 9.30 Å². The Morgan fingerprint density at radius 1 is 1.71 bits per heavy atom. The Kier molecular flexibility index (Phi) is 1.09. The van der Waals surface area contributed by atoms with Crippen LogP contribution in [0.3, 0.4) is 0 Å². The predicted molar refractivity (Wildman–Crippen MR) is 29.4 cm³/mol. The summed E-state index contributed by atoms with van der Waals surface area (Å²) in [6.07, 6.45) is 1.67. The van der Waals surface area contributed by atoms with E-state index in [0.29, 0.717) is 0 Å². The molecular formula is C3H5B2N2+. The zero-order valence-electron chi connectivity index (χ0n) is 4.04. The molecule has 0 saturated heterocycles. The van der Waals surface area contributed by atoms with E-state index in [1.54, 1.807) is 15.6 Å². The average molecular weight is 90.7 g/mol. The van der Waals surface area contributed by atoms with Crippen molar-refractivity contribution in [3.63, 3.8) is 0 Å². The fraction of sp³-hybridized carbons (Fsp3) is 0.667. The molecule has 0 fully saturated rings. The first-order valence-electron chi connectivity index (χ1n) is 2.17. The topological polar surface area (TPSA) is 6.25 Å². The molecule has 1 heterocycles. The van der Waals surface area contributed by atoms with Gasteiger partial charge in [0.15, 0.2) is 6.34 Å². The van der Waals surface area contributed by atoms with Crippen molar-refractivity contribution in [3.8, 4) is 0 Å². The molecule has 0 amide bonds. The highest BCUT2D eigenvalue weighted by molar-refractivity contribution is 6.11. The maximum atomic E-state index is 5.28. The molecule has 7 heavy (non-hydrogen) atoms. The van der Waals surface area contributed by atoms with Gasteiger partial charge in [0.2, 0.25) is 0 Å². The van der Waals surface area contributed by atoms with E-state index in [4.69, 9.17) is 16.0 Å². The second-order valence-corrected chi connectivity index (χ2v) is 1.59. The lowest BCUT2D eigenvalue weighted by Crippen LogP contribution is -2.13. The molecular weight excluding hydrogens is 85.7 g/mol. The predicted octanol–water partition coefficient (Wildman–Crippen LogP) is -1.49. The minimum atomic E-state index is 0.830. The molecule has 0 aliphatic carbocycles. The van der Waals surface area contributed by atoms with E-state index in [1.165, 1.54) is 0 Å². The number of nitrogens with zero attached hydrogens (tertiary/aromatic N) is 2. The van der Waals surface area contributed by atoms with Crippen LogP contribution >= 0.6 is 0 Å². The molecule has 0 N–H and O–H groups in total. The Morgan fingerprint density at radius 2 is 2.43 bits per heavy atom. The van der Waals surface area contributed by atoms with Gasteiger partial charge in [0, 0.05) is 0 Å². The summed E-state index contributed by atoms with van der Waals surface area (Å²) in [5.41, 5.74) is 0. The zero-order chi connectivity index (χ0) is 5.28. The highest BCUT2D eigenvalue weighted by atomic mass is 15.2. The first-order chi connectivity index (χ1) is 3.29. The molecule has 0 unspecified atom stereocenters. The van der Waals surface area contributed by atoms with Crippen LogP contribution in [0.4, 0.5) is 0 Å². The normalized spacial score (nSPS) is 20.0.